The van der Waals surface area contributed by atoms with E-state index in [1.165, 1.54) is 4.88 Å². The van der Waals surface area contributed by atoms with Crippen LogP contribution in [0.25, 0.3) is 21.8 Å². The molecule has 0 unspecified atom stereocenters. The number of benzene rings is 2. The van der Waals surface area contributed by atoms with Crippen LogP contribution >= 0.6 is 38.9 Å². The van der Waals surface area contributed by atoms with Crippen LogP contribution in [-0.4, -0.2) is 4.98 Å². The standard InChI is InChI=1S/C16H11BrClNS/c1-10-15(12-3-2-4-13(17)9-12)19-16(20-10)11-5-7-14(18)8-6-11/h2-9H,1H3. The molecule has 1 heterocycles. The first kappa shape index (κ1) is 13.8. The molecule has 20 heavy (non-hydrogen) atoms. The Morgan fingerprint density at radius 1 is 1.05 bits per heavy atom. The van der Waals surface area contributed by atoms with E-state index in [1.54, 1.807) is 11.3 Å². The van der Waals surface area contributed by atoms with Gasteiger partial charge < -0.3 is 0 Å². The molecule has 0 saturated carbocycles. The monoisotopic (exact) mass is 363 g/mol. The summed E-state index contributed by atoms with van der Waals surface area (Å²) in [5, 5.41) is 1.77. The first-order valence-corrected chi connectivity index (χ1v) is 8.11. The van der Waals surface area contributed by atoms with E-state index in [-0.39, 0.29) is 0 Å². The SMILES string of the molecule is Cc1sc(-c2ccc(Cl)cc2)nc1-c1cccc(Br)c1. The zero-order chi connectivity index (χ0) is 14.1. The van der Waals surface area contributed by atoms with Crippen LogP contribution in [0.1, 0.15) is 4.88 Å². The highest BCUT2D eigenvalue weighted by Gasteiger charge is 2.11. The van der Waals surface area contributed by atoms with Crippen LogP contribution in [0.2, 0.25) is 5.02 Å². The number of hydrogen-bond acceptors (Lipinski definition) is 2. The van der Waals surface area contributed by atoms with Crippen LogP contribution in [0.15, 0.2) is 53.0 Å². The average molecular weight is 365 g/mol. The lowest BCUT2D eigenvalue weighted by molar-refractivity contribution is 1.37. The lowest BCUT2D eigenvalue weighted by atomic mass is 10.1. The van der Waals surface area contributed by atoms with Crippen molar-refractivity contribution in [3.05, 3.63) is 62.9 Å². The van der Waals surface area contributed by atoms with Crippen molar-refractivity contribution in [2.45, 2.75) is 6.92 Å². The zero-order valence-electron chi connectivity index (χ0n) is 10.7. The highest BCUT2D eigenvalue weighted by molar-refractivity contribution is 9.10. The van der Waals surface area contributed by atoms with Crippen molar-refractivity contribution in [1.29, 1.82) is 0 Å². The van der Waals surface area contributed by atoms with Crippen LogP contribution in [0.4, 0.5) is 0 Å². The second kappa shape index (κ2) is 5.68. The molecule has 0 atom stereocenters. The van der Waals surface area contributed by atoms with Gasteiger partial charge in [0.2, 0.25) is 0 Å². The van der Waals surface area contributed by atoms with Crippen molar-refractivity contribution in [3.63, 3.8) is 0 Å². The van der Waals surface area contributed by atoms with Crippen molar-refractivity contribution in [2.75, 3.05) is 0 Å². The number of rotatable bonds is 2. The van der Waals surface area contributed by atoms with Crippen LogP contribution < -0.4 is 0 Å². The van der Waals surface area contributed by atoms with E-state index in [4.69, 9.17) is 16.6 Å². The summed E-state index contributed by atoms with van der Waals surface area (Å²) in [4.78, 5) is 5.99. The summed E-state index contributed by atoms with van der Waals surface area (Å²) in [6.45, 7) is 2.10. The van der Waals surface area contributed by atoms with Crippen LogP contribution in [-0.2, 0) is 0 Å². The van der Waals surface area contributed by atoms with Gasteiger partial charge in [-0.3, -0.25) is 0 Å². The first-order chi connectivity index (χ1) is 9.63. The fourth-order valence-electron chi connectivity index (χ4n) is 2.02. The summed E-state index contributed by atoms with van der Waals surface area (Å²) in [6, 6.07) is 16.0. The molecule has 0 radical (unpaired) electrons. The summed E-state index contributed by atoms with van der Waals surface area (Å²) < 4.78 is 1.07. The summed E-state index contributed by atoms with van der Waals surface area (Å²) in [5.41, 5.74) is 3.28. The molecular weight excluding hydrogens is 354 g/mol. The van der Waals surface area contributed by atoms with E-state index in [9.17, 15) is 0 Å². The van der Waals surface area contributed by atoms with Gasteiger partial charge in [-0.15, -0.1) is 11.3 Å². The number of aryl methyl sites for hydroxylation is 1. The molecule has 1 nitrogen and oxygen atoms in total. The molecule has 2 aromatic carbocycles. The maximum atomic E-state index is 5.93. The second-order valence-corrected chi connectivity index (χ2v) is 7.00. The smallest absolute Gasteiger partial charge is 0.124 e. The quantitative estimate of drug-likeness (QED) is 0.527. The molecule has 0 aliphatic heterocycles. The molecule has 0 spiro atoms. The summed E-state index contributed by atoms with van der Waals surface area (Å²) in [5.74, 6) is 0. The van der Waals surface area contributed by atoms with Gasteiger partial charge in [0.15, 0.2) is 0 Å². The minimum Gasteiger partial charge on any atom is -0.236 e. The Bertz CT molecular complexity index is 749. The molecule has 3 aromatic rings. The molecule has 100 valence electrons. The van der Waals surface area contributed by atoms with E-state index in [0.717, 1.165) is 31.3 Å². The van der Waals surface area contributed by atoms with E-state index in [0.29, 0.717) is 0 Å². The lowest BCUT2D eigenvalue weighted by Gasteiger charge is -1.99. The fraction of sp³-hybridized carbons (Fsp3) is 0.0625. The molecule has 1 aromatic heterocycles. The van der Waals surface area contributed by atoms with Crippen molar-refractivity contribution >= 4 is 38.9 Å². The summed E-state index contributed by atoms with van der Waals surface area (Å²) >= 11 is 11.1. The van der Waals surface area contributed by atoms with Gasteiger partial charge in [-0.05, 0) is 31.2 Å². The molecule has 0 fully saturated rings. The predicted molar refractivity (Wildman–Crippen MR) is 90.4 cm³/mol. The Kier molecular flexibility index (Phi) is 3.92. The Balaban J connectivity index is 2.05. The Morgan fingerprint density at radius 3 is 2.50 bits per heavy atom. The molecule has 0 aliphatic carbocycles. The third-order valence-corrected chi connectivity index (χ3v) is 4.75. The topological polar surface area (TPSA) is 12.9 Å². The number of thiazole rings is 1. The van der Waals surface area contributed by atoms with Crippen LogP contribution in [0.5, 0.6) is 0 Å². The summed E-state index contributed by atoms with van der Waals surface area (Å²) in [7, 11) is 0. The van der Waals surface area contributed by atoms with Crippen molar-refractivity contribution < 1.29 is 0 Å². The van der Waals surface area contributed by atoms with Crippen LogP contribution in [0, 0.1) is 6.92 Å². The zero-order valence-corrected chi connectivity index (χ0v) is 13.9. The van der Waals surface area contributed by atoms with Gasteiger partial charge in [0.1, 0.15) is 5.01 Å². The Morgan fingerprint density at radius 2 is 1.80 bits per heavy atom. The number of hydrogen-bond donors (Lipinski definition) is 0. The van der Waals surface area contributed by atoms with Crippen molar-refractivity contribution in [1.82, 2.24) is 4.98 Å². The average Bonchev–Trinajstić information content (AvgIpc) is 2.82. The Labute approximate surface area is 135 Å². The predicted octanol–water partition coefficient (Wildman–Crippen LogP) is 6.20. The minimum atomic E-state index is 0.745. The van der Waals surface area contributed by atoms with Crippen LogP contribution in [0.3, 0.4) is 0 Å². The first-order valence-electron chi connectivity index (χ1n) is 6.13. The molecule has 0 N–H and O–H groups in total. The molecule has 0 amide bonds. The maximum Gasteiger partial charge on any atom is 0.124 e. The molecule has 3 rings (SSSR count). The van der Waals surface area contributed by atoms with E-state index in [2.05, 4.69) is 35.0 Å². The van der Waals surface area contributed by atoms with Gasteiger partial charge in [0, 0.05) is 25.5 Å². The highest BCUT2D eigenvalue weighted by atomic mass is 79.9. The van der Waals surface area contributed by atoms with Gasteiger partial charge in [0.25, 0.3) is 0 Å². The lowest BCUT2D eigenvalue weighted by Crippen LogP contribution is -1.81. The number of halogens is 2. The normalized spacial score (nSPS) is 10.8. The van der Waals surface area contributed by atoms with Crippen molar-refractivity contribution in [3.8, 4) is 21.8 Å². The van der Waals surface area contributed by atoms with Gasteiger partial charge in [-0.1, -0.05) is 51.8 Å². The minimum absolute atomic E-state index is 0.745. The third kappa shape index (κ3) is 2.80. The fourth-order valence-corrected chi connectivity index (χ4v) is 3.48. The molecule has 0 bridgehead atoms. The molecule has 0 saturated heterocycles. The number of aromatic nitrogens is 1. The molecular formula is C16H11BrClNS. The van der Waals surface area contributed by atoms with E-state index < -0.39 is 0 Å². The third-order valence-electron chi connectivity index (χ3n) is 2.99. The van der Waals surface area contributed by atoms with Gasteiger partial charge in [-0.25, -0.2) is 4.98 Å². The molecule has 4 heteroatoms. The van der Waals surface area contributed by atoms with E-state index >= 15 is 0 Å². The largest absolute Gasteiger partial charge is 0.236 e. The maximum absolute atomic E-state index is 5.93. The highest BCUT2D eigenvalue weighted by Crippen LogP contribution is 2.34. The summed E-state index contributed by atoms with van der Waals surface area (Å²) in [6.07, 6.45) is 0. The van der Waals surface area contributed by atoms with Crippen molar-refractivity contribution in [2.24, 2.45) is 0 Å². The number of nitrogens with zero attached hydrogens (tertiary/aromatic N) is 1. The molecule has 0 aliphatic rings. The second-order valence-electron chi connectivity index (χ2n) is 4.44. The van der Waals surface area contributed by atoms with E-state index in [1.807, 2.05) is 36.4 Å². The Hall–Kier alpha value is -1.16. The van der Waals surface area contributed by atoms with Gasteiger partial charge >= 0.3 is 0 Å². The van der Waals surface area contributed by atoms with Gasteiger partial charge in [0.05, 0.1) is 5.69 Å². The van der Waals surface area contributed by atoms with Gasteiger partial charge in [-0.2, -0.15) is 0 Å².